The van der Waals surface area contributed by atoms with Crippen molar-refractivity contribution >= 4 is 26.8 Å². The van der Waals surface area contributed by atoms with E-state index >= 15 is 0 Å². The fourth-order valence-corrected chi connectivity index (χ4v) is 1.53. The summed E-state index contributed by atoms with van der Waals surface area (Å²) in [5.41, 5.74) is 1.66. The van der Waals surface area contributed by atoms with Crippen LogP contribution in [0.2, 0.25) is 0 Å². The maximum Gasteiger partial charge on any atom is 0.345 e. The molecule has 0 bridgehead atoms. The van der Waals surface area contributed by atoms with E-state index in [2.05, 4.69) is 25.9 Å². The van der Waals surface area contributed by atoms with E-state index < -0.39 is 0 Å². The van der Waals surface area contributed by atoms with E-state index in [4.69, 9.17) is 0 Å². The van der Waals surface area contributed by atoms with Gasteiger partial charge < -0.3 is 4.98 Å². The number of H-pyrrole nitrogens is 1. The van der Waals surface area contributed by atoms with Crippen LogP contribution in [-0.4, -0.2) is 9.97 Å². The molecule has 1 heterocycles. The molecule has 0 saturated carbocycles. The normalized spacial score (nSPS) is 10.5. The van der Waals surface area contributed by atoms with E-state index in [0.717, 1.165) is 21.8 Å². The third-order valence-electron chi connectivity index (χ3n) is 1.83. The van der Waals surface area contributed by atoms with Crippen LogP contribution in [0, 0.1) is 0 Å². The molecule has 13 heavy (non-hydrogen) atoms. The molecule has 0 radical (unpaired) electrons. The Morgan fingerprint density at radius 3 is 3.08 bits per heavy atom. The summed E-state index contributed by atoms with van der Waals surface area (Å²) in [7, 11) is 0. The van der Waals surface area contributed by atoms with Gasteiger partial charge in [-0.15, -0.1) is 0 Å². The number of rotatable bonds is 1. The maximum absolute atomic E-state index is 10.9. The van der Waals surface area contributed by atoms with Gasteiger partial charge in [-0.2, -0.15) is 0 Å². The molecule has 0 saturated heterocycles. The molecule has 2 rings (SSSR count). The number of aromatic nitrogens is 2. The lowest BCUT2D eigenvalue weighted by atomic mass is 10.2. The Hall–Kier alpha value is -1.16. The quantitative estimate of drug-likeness (QED) is 0.771. The van der Waals surface area contributed by atoms with Gasteiger partial charge in [-0.1, -0.05) is 28.1 Å². The first-order chi connectivity index (χ1) is 6.29. The number of hydrogen-bond donors (Lipinski definition) is 1. The molecule has 0 spiro atoms. The third-order valence-corrected chi connectivity index (χ3v) is 2.48. The highest BCUT2D eigenvalue weighted by Gasteiger charge is 1.96. The van der Waals surface area contributed by atoms with Crippen molar-refractivity contribution in [3.05, 3.63) is 40.4 Å². The monoisotopic (exact) mass is 238 g/mol. The summed E-state index contributed by atoms with van der Waals surface area (Å²) in [6, 6.07) is 5.87. The lowest BCUT2D eigenvalue weighted by Gasteiger charge is -1.98. The molecule has 4 heteroatoms. The first-order valence-electron chi connectivity index (χ1n) is 3.83. The summed E-state index contributed by atoms with van der Waals surface area (Å²) < 4.78 is 0. The lowest BCUT2D eigenvalue weighted by molar-refractivity contribution is 1.12. The third kappa shape index (κ3) is 1.62. The Bertz CT molecular complexity index is 492. The Labute approximate surface area is 82.9 Å². The van der Waals surface area contributed by atoms with Crippen LogP contribution >= 0.6 is 15.9 Å². The highest BCUT2D eigenvalue weighted by molar-refractivity contribution is 9.08. The van der Waals surface area contributed by atoms with Gasteiger partial charge in [0, 0.05) is 16.9 Å². The minimum absolute atomic E-state index is 0.306. The van der Waals surface area contributed by atoms with Gasteiger partial charge in [0.1, 0.15) is 0 Å². The SMILES string of the molecule is O=c1ncc2ccc(CBr)cc2[nH]1. The summed E-state index contributed by atoms with van der Waals surface area (Å²) in [5.74, 6) is 0. The number of benzene rings is 1. The van der Waals surface area contributed by atoms with Gasteiger partial charge in [0.15, 0.2) is 0 Å². The van der Waals surface area contributed by atoms with E-state index in [1.807, 2.05) is 18.2 Å². The van der Waals surface area contributed by atoms with Gasteiger partial charge in [-0.05, 0) is 11.6 Å². The molecule has 1 aromatic heterocycles. The zero-order valence-electron chi connectivity index (χ0n) is 6.75. The number of alkyl halides is 1. The molecule has 0 amide bonds. The summed E-state index contributed by atoms with van der Waals surface area (Å²) in [4.78, 5) is 17.2. The van der Waals surface area contributed by atoms with Crippen LogP contribution in [0.5, 0.6) is 0 Å². The Morgan fingerprint density at radius 2 is 2.31 bits per heavy atom. The van der Waals surface area contributed by atoms with Gasteiger partial charge in [0.2, 0.25) is 0 Å². The van der Waals surface area contributed by atoms with Crippen molar-refractivity contribution in [2.45, 2.75) is 5.33 Å². The molecule has 2 aromatic rings. The highest BCUT2D eigenvalue weighted by Crippen LogP contribution is 2.13. The average molecular weight is 239 g/mol. The Balaban J connectivity index is 2.75. The molecule has 66 valence electrons. The Morgan fingerprint density at radius 1 is 1.46 bits per heavy atom. The topological polar surface area (TPSA) is 45.8 Å². The second-order valence-corrected chi connectivity index (χ2v) is 3.30. The summed E-state index contributed by atoms with van der Waals surface area (Å²) in [5, 5.41) is 1.73. The van der Waals surface area contributed by atoms with Crippen molar-refractivity contribution in [2.75, 3.05) is 0 Å². The number of halogens is 1. The van der Waals surface area contributed by atoms with E-state index in [-0.39, 0.29) is 5.69 Å². The number of nitrogens with zero attached hydrogens (tertiary/aromatic N) is 1. The zero-order valence-corrected chi connectivity index (χ0v) is 8.34. The largest absolute Gasteiger partial charge is 0.345 e. The molecule has 1 aromatic carbocycles. The first-order valence-corrected chi connectivity index (χ1v) is 4.95. The van der Waals surface area contributed by atoms with Crippen LogP contribution in [-0.2, 0) is 5.33 Å². The highest BCUT2D eigenvalue weighted by atomic mass is 79.9. The van der Waals surface area contributed by atoms with Gasteiger partial charge in [-0.3, -0.25) is 0 Å². The van der Waals surface area contributed by atoms with Crippen LogP contribution in [0.3, 0.4) is 0 Å². The zero-order chi connectivity index (χ0) is 9.26. The molecular weight excluding hydrogens is 232 g/mol. The maximum atomic E-state index is 10.9. The van der Waals surface area contributed by atoms with Gasteiger partial charge >= 0.3 is 5.69 Å². The molecule has 0 aliphatic rings. The summed E-state index contributed by atoms with van der Waals surface area (Å²) in [6.45, 7) is 0. The molecule has 0 aliphatic carbocycles. The molecular formula is C9H7BrN2O. The summed E-state index contributed by atoms with van der Waals surface area (Å²) >= 11 is 3.35. The van der Waals surface area contributed by atoms with Crippen molar-refractivity contribution < 1.29 is 0 Å². The number of hydrogen-bond acceptors (Lipinski definition) is 2. The van der Waals surface area contributed by atoms with Gasteiger partial charge in [0.05, 0.1) is 5.52 Å². The average Bonchev–Trinajstić information content (AvgIpc) is 2.16. The number of nitrogens with one attached hydrogen (secondary N) is 1. The van der Waals surface area contributed by atoms with Crippen LogP contribution in [0.4, 0.5) is 0 Å². The smallest absolute Gasteiger partial charge is 0.305 e. The standard InChI is InChI=1S/C9H7BrN2O/c10-4-6-1-2-7-5-11-9(13)12-8(7)3-6/h1-3,5H,4H2,(H,11,12,13). The molecule has 3 nitrogen and oxygen atoms in total. The molecule has 0 atom stereocenters. The van der Waals surface area contributed by atoms with Crippen molar-refractivity contribution in [1.29, 1.82) is 0 Å². The van der Waals surface area contributed by atoms with Gasteiger partial charge in [0.25, 0.3) is 0 Å². The second kappa shape index (κ2) is 3.30. The number of fused-ring (bicyclic) bond motifs is 1. The minimum atomic E-state index is -0.306. The van der Waals surface area contributed by atoms with E-state index in [1.54, 1.807) is 6.20 Å². The first kappa shape index (κ1) is 8.44. The Kier molecular flexibility index (Phi) is 2.14. The van der Waals surface area contributed by atoms with Gasteiger partial charge in [-0.25, -0.2) is 9.78 Å². The molecule has 0 fully saturated rings. The summed E-state index contributed by atoms with van der Waals surface area (Å²) in [6.07, 6.45) is 1.58. The van der Waals surface area contributed by atoms with Crippen molar-refractivity contribution in [3.63, 3.8) is 0 Å². The predicted molar refractivity (Wildman–Crippen MR) is 55.0 cm³/mol. The predicted octanol–water partition coefficient (Wildman–Crippen LogP) is 1.82. The van der Waals surface area contributed by atoms with E-state index in [0.29, 0.717) is 0 Å². The fourth-order valence-electron chi connectivity index (χ4n) is 1.18. The molecule has 1 N–H and O–H groups in total. The van der Waals surface area contributed by atoms with Crippen LogP contribution in [0.25, 0.3) is 10.9 Å². The lowest BCUT2D eigenvalue weighted by Crippen LogP contribution is -2.08. The van der Waals surface area contributed by atoms with E-state index in [9.17, 15) is 4.79 Å². The van der Waals surface area contributed by atoms with Crippen molar-refractivity contribution in [3.8, 4) is 0 Å². The molecule has 0 unspecified atom stereocenters. The van der Waals surface area contributed by atoms with Crippen LogP contribution in [0.15, 0.2) is 29.2 Å². The minimum Gasteiger partial charge on any atom is -0.305 e. The van der Waals surface area contributed by atoms with Crippen molar-refractivity contribution in [2.24, 2.45) is 0 Å². The fraction of sp³-hybridized carbons (Fsp3) is 0.111. The second-order valence-electron chi connectivity index (χ2n) is 2.74. The van der Waals surface area contributed by atoms with E-state index in [1.165, 1.54) is 0 Å². The van der Waals surface area contributed by atoms with Crippen molar-refractivity contribution in [1.82, 2.24) is 9.97 Å². The van der Waals surface area contributed by atoms with Crippen LogP contribution in [0.1, 0.15) is 5.56 Å². The van der Waals surface area contributed by atoms with Crippen LogP contribution < -0.4 is 5.69 Å². The molecule has 0 aliphatic heterocycles. The number of aromatic amines is 1.